The fraction of sp³-hybridized carbons (Fsp3) is 0.214. The molecular weight excluding hydrogens is 336 g/mol. The third kappa shape index (κ3) is 3.91. The topological polar surface area (TPSA) is 86.9 Å². The predicted molar refractivity (Wildman–Crippen MR) is 83.1 cm³/mol. The van der Waals surface area contributed by atoms with Gasteiger partial charge in [0, 0.05) is 10.0 Å². The lowest BCUT2D eigenvalue weighted by molar-refractivity contribution is -0.115. The van der Waals surface area contributed by atoms with E-state index in [2.05, 4.69) is 36.8 Å². The Labute approximate surface area is 130 Å². The smallest absolute Gasteiger partial charge is 0.252 e. The summed E-state index contributed by atoms with van der Waals surface area (Å²) >= 11 is 3.30. The van der Waals surface area contributed by atoms with Gasteiger partial charge in [-0.05, 0) is 34.5 Å². The Morgan fingerprint density at radius 1 is 1.33 bits per heavy atom. The molecule has 2 aromatic rings. The first kappa shape index (κ1) is 15.2. The van der Waals surface area contributed by atoms with E-state index in [1.807, 2.05) is 13.0 Å². The van der Waals surface area contributed by atoms with E-state index in [0.29, 0.717) is 15.9 Å². The summed E-state index contributed by atoms with van der Waals surface area (Å²) in [7, 11) is 0. The summed E-state index contributed by atoms with van der Waals surface area (Å²) in [6.07, 6.45) is 2.42. The quantitative estimate of drug-likeness (QED) is 0.771. The molecule has 1 aromatic carbocycles. The number of rotatable bonds is 5. The number of H-pyrrole nitrogens is 1. The van der Waals surface area contributed by atoms with Crippen LogP contribution in [0.3, 0.4) is 0 Å². The summed E-state index contributed by atoms with van der Waals surface area (Å²) in [5, 5.41) is 11.8. The normalized spacial score (nSPS) is 10.2. The molecule has 0 saturated carbocycles. The molecule has 0 aliphatic heterocycles. The number of carbonyl (C=O) groups is 2. The van der Waals surface area contributed by atoms with Gasteiger partial charge < -0.3 is 10.6 Å². The van der Waals surface area contributed by atoms with Crippen LogP contribution in [0.4, 0.5) is 5.82 Å². The third-order valence-electron chi connectivity index (χ3n) is 2.89. The number of benzene rings is 1. The summed E-state index contributed by atoms with van der Waals surface area (Å²) in [6, 6.07) is 7.03. The number of aromatic amines is 1. The number of nitrogens with one attached hydrogen (secondary N) is 3. The molecular formula is C14H15BrN4O2. The molecule has 2 amide bonds. The summed E-state index contributed by atoms with van der Waals surface area (Å²) in [6.45, 7) is 1.86. The van der Waals surface area contributed by atoms with Crippen LogP contribution in [0.5, 0.6) is 0 Å². The number of hydrogen-bond acceptors (Lipinski definition) is 3. The number of hydrogen-bond donors (Lipinski definition) is 3. The first-order valence-electron chi connectivity index (χ1n) is 6.46. The molecule has 0 aliphatic rings. The zero-order valence-corrected chi connectivity index (χ0v) is 13.0. The van der Waals surface area contributed by atoms with Crippen molar-refractivity contribution in [2.24, 2.45) is 0 Å². The molecule has 3 N–H and O–H groups in total. The van der Waals surface area contributed by atoms with Crippen molar-refractivity contribution in [1.29, 1.82) is 0 Å². The van der Waals surface area contributed by atoms with E-state index in [0.717, 1.165) is 12.0 Å². The van der Waals surface area contributed by atoms with Crippen LogP contribution in [0.15, 0.2) is 34.9 Å². The van der Waals surface area contributed by atoms with Crippen molar-refractivity contribution >= 4 is 33.6 Å². The van der Waals surface area contributed by atoms with Crippen molar-refractivity contribution in [3.8, 4) is 0 Å². The highest BCUT2D eigenvalue weighted by Gasteiger charge is 2.12. The van der Waals surface area contributed by atoms with Crippen molar-refractivity contribution < 1.29 is 9.59 Å². The average Bonchev–Trinajstić information content (AvgIpc) is 2.92. The Morgan fingerprint density at radius 3 is 2.81 bits per heavy atom. The predicted octanol–water partition coefficient (Wildman–Crippen LogP) is 2.10. The first-order chi connectivity index (χ1) is 10.1. The number of nitrogens with zero attached hydrogens (tertiary/aromatic N) is 1. The van der Waals surface area contributed by atoms with E-state index in [-0.39, 0.29) is 18.4 Å². The fourth-order valence-electron chi connectivity index (χ4n) is 1.77. The highest BCUT2D eigenvalue weighted by atomic mass is 79.9. The number of anilines is 1. The van der Waals surface area contributed by atoms with Gasteiger partial charge in [-0.1, -0.05) is 19.1 Å². The number of amides is 2. The summed E-state index contributed by atoms with van der Waals surface area (Å²) in [5.74, 6) is -0.0510. The van der Waals surface area contributed by atoms with Crippen molar-refractivity contribution in [1.82, 2.24) is 15.5 Å². The number of aromatic nitrogens is 2. The van der Waals surface area contributed by atoms with Gasteiger partial charge in [0.2, 0.25) is 5.91 Å². The molecule has 0 saturated heterocycles. The summed E-state index contributed by atoms with van der Waals surface area (Å²) < 4.78 is 0.685. The maximum absolute atomic E-state index is 12.0. The zero-order chi connectivity index (χ0) is 15.2. The lowest BCUT2D eigenvalue weighted by Gasteiger charge is -2.07. The molecule has 2 rings (SSSR count). The maximum Gasteiger partial charge on any atom is 0.252 e. The highest BCUT2D eigenvalue weighted by Crippen LogP contribution is 2.15. The second kappa shape index (κ2) is 7.03. The van der Waals surface area contributed by atoms with Gasteiger partial charge in [0.25, 0.3) is 5.91 Å². The molecule has 21 heavy (non-hydrogen) atoms. The van der Waals surface area contributed by atoms with Gasteiger partial charge in [-0.25, -0.2) is 0 Å². The van der Waals surface area contributed by atoms with Crippen LogP contribution in [-0.2, 0) is 11.2 Å². The van der Waals surface area contributed by atoms with E-state index in [9.17, 15) is 9.59 Å². The highest BCUT2D eigenvalue weighted by molar-refractivity contribution is 9.10. The summed E-state index contributed by atoms with van der Waals surface area (Å²) in [4.78, 5) is 23.8. The van der Waals surface area contributed by atoms with Crippen molar-refractivity contribution in [2.45, 2.75) is 13.3 Å². The second-order valence-corrected chi connectivity index (χ2v) is 5.19. The van der Waals surface area contributed by atoms with Crippen LogP contribution in [0.2, 0.25) is 0 Å². The van der Waals surface area contributed by atoms with Crippen LogP contribution >= 0.6 is 15.9 Å². The Hall–Kier alpha value is -2.15. The minimum atomic E-state index is -0.311. The molecule has 7 heteroatoms. The molecule has 1 aromatic heterocycles. The largest absolute Gasteiger partial charge is 0.343 e. The molecule has 0 unspecified atom stereocenters. The van der Waals surface area contributed by atoms with E-state index < -0.39 is 0 Å². The van der Waals surface area contributed by atoms with Gasteiger partial charge in [0.05, 0.1) is 18.3 Å². The SMILES string of the molecule is CCc1cn[nH]c1NC(=O)CNC(=O)c1ccccc1Br. The van der Waals surface area contributed by atoms with Crippen LogP contribution in [-0.4, -0.2) is 28.6 Å². The molecule has 0 spiro atoms. The molecule has 0 bridgehead atoms. The van der Waals surface area contributed by atoms with E-state index >= 15 is 0 Å². The van der Waals surface area contributed by atoms with Crippen LogP contribution in [0.25, 0.3) is 0 Å². The fourth-order valence-corrected chi connectivity index (χ4v) is 2.24. The minimum absolute atomic E-state index is 0.109. The number of carbonyl (C=O) groups excluding carboxylic acids is 2. The van der Waals surface area contributed by atoms with Crippen LogP contribution < -0.4 is 10.6 Å². The van der Waals surface area contributed by atoms with Crippen LogP contribution in [0, 0.1) is 0 Å². The van der Waals surface area contributed by atoms with Gasteiger partial charge in [0.1, 0.15) is 5.82 Å². The standard InChI is InChI=1S/C14H15BrN4O2/c1-2-9-7-17-19-13(9)18-12(20)8-16-14(21)10-5-3-4-6-11(10)15/h3-7H,2,8H2,1H3,(H,16,21)(H2,17,18,19,20). The first-order valence-corrected chi connectivity index (χ1v) is 7.26. The van der Waals surface area contributed by atoms with E-state index in [1.54, 1.807) is 24.4 Å². The second-order valence-electron chi connectivity index (χ2n) is 4.33. The van der Waals surface area contributed by atoms with E-state index in [1.165, 1.54) is 0 Å². The van der Waals surface area contributed by atoms with Crippen LogP contribution in [0.1, 0.15) is 22.8 Å². The average molecular weight is 351 g/mol. The zero-order valence-electron chi connectivity index (χ0n) is 11.4. The third-order valence-corrected chi connectivity index (χ3v) is 3.58. The Balaban J connectivity index is 1.90. The molecule has 1 heterocycles. The van der Waals surface area contributed by atoms with Gasteiger partial charge >= 0.3 is 0 Å². The summed E-state index contributed by atoms with van der Waals surface area (Å²) in [5.41, 5.74) is 1.40. The van der Waals surface area contributed by atoms with Gasteiger partial charge in [0.15, 0.2) is 0 Å². The molecule has 0 fully saturated rings. The van der Waals surface area contributed by atoms with Crippen molar-refractivity contribution in [3.05, 3.63) is 46.1 Å². The van der Waals surface area contributed by atoms with Gasteiger partial charge in [-0.2, -0.15) is 5.10 Å². The Bertz CT molecular complexity index is 654. The van der Waals surface area contributed by atoms with Crippen molar-refractivity contribution in [2.75, 3.05) is 11.9 Å². The molecule has 110 valence electrons. The molecule has 0 aliphatic carbocycles. The molecule has 0 atom stereocenters. The lowest BCUT2D eigenvalue weighted by atomic mass is 10.2. The Kier molecular flexibility index (Phi) is 5.10. The van der Waals surface area contributed by atoms with Crippen molar-refractivity contribution in [3.63, 3.8) is 0 Å². The number of halogens is 1. The van der Waals surface area contributed by atoms with Gasteiger partial charge in [-0.15, -0.1) is 0 Å². The van der Waals surface area contributed by atoms with Gasteiger partial charge in [-0.3, -0.25) is 14.7 Å². The monoisotopic (exact) mass is 350 g/mol. The number of aryl methyl sites for hydroxylation is 1. The van der Waals surface area contributed by atoms with E-state index in [4.69, 9.17) is 0 Å². The molecule has 6 nitrogen and oxygen atoms in total. The minimum Gasteiger partial charge on any atom is -0.343 e. The lowest BCUT2D eigenvalue weighted by Crippen LogP contribution is -2.33. The maximum atomic E-state index is 12.0. The molecule has 0 radical (unpaired) electrons. The Morgan fingerprint density at radius 2 is 2.10 bits per heavy atom.